The number of carboxylic acid groups (broad SMARTS) is 1. The molecule has 0 aromatic heterocycles. The van der Waals surface area contributed by atoms with Gasteiger partial charge < -0.3 is 32.5 Å². The van der Waals surface area contributed by atoms with Gasteiger partial charge in [0.2, 0.25) is 17.7 Å². The first-order chi connectivity index (χ1) is 13.6. The second kappa shape index (κ2) is 14.2. The van der Waals surface area contributed by atoms with Crippen molar-refractivity contribution in [3.8, 4) is 0 Å². The lowest BCUT2D eigenvalue weighted by molar-refractivity contribution is -0.141. The molecule has 168 valence electrons. The molecule has 0 spiro atoms. The molecule has 0 saturated carbocycles. The highest BCUT2D eigenvalue weighted by Crippen LogP contribution is 2.07. The lowest BCUT2D eigenvalue weighted by Gasteiger charge is -2.24. The summed E-state index contributed by atoms with van der Waals surface area (Å²) in [5.74, 6) is -3.02. The van der Waals surface area contributed by atoms with Crippen LogP contribution in [0.1, 0.15) is 46.5 Å². The maximum atomic E-state index is 12.6. The number of carboxylic acids is 1. The number of nitrogens with one attached hydrogen (secondary N) is 3. The highest BCUT2D eigenvalue weighted by atomic mass is 32.1. The summed E-state index contributed by atoms with van der Waals surface area (Å²) in [6.07, 6.45) is 2.33. The van der Waals surface area contributed by atoms with Gasteiger partial charge in [-0.3, -0.25) is 14.4 Å². The molecule has 0 aliphatic carbocycles. The highest BCUT2D eigenvalue weighted by molar-refractivity contribution is 7.80. The first kappa shape index (κ1) is 27.1. The van der Waals surface area contributed by atoms with Gasteiger partial charge in [0, 0.05) is 5.75 Å². The van der Waals surface area contributed by atoms with E-state index in [9.17, 15) is 19.2 Å². The summed E-state index contributed by atoms with van der Waals surface area (Å²) in [6, 6.07) is -3.79. The van der Waals surface area contributed by atoms with E-state index in [2.05, 4.69) is 28.6 Å². The summed E-state index contributed by atoms with van der Waals surface area (Å²) in [5.41, 5.74) is 11.4. The van der Waals surface area contributed by atoms with Crippen LogP contribution < -0.4 is 27.4 Å². The van der Waals surface area contributed by atoms with Gasteiger partial charge in [0.25, 0.3) is 0 Å². The third-order valence-electron chi connectivity index (χ3n) is 4.69. The van der Waals surface area contributed by atoms with E-state index >= 15 is 0 Å². The molecule has 0 fully saturated rings. The van der Waals surface area contributed by atoms with Gasteiger partial charge in [-0.25, -0.2) is 4.79 Å². The minimum atomic E-state index is -1.22. The number of aliphatic carboxylic acids is 1. The van der Waals surface area contributed by atoms with Crippen LogP contribution in [0.25, 0.3) is 0 Å². The summed E-state index contributed by atoms with van der Waals surface area (Å²) in [7, 11) is 0. The van der Waals surface area contributed by atoms with Gasteiger partial charge in [-0.05, 0) is 38.6 Å². The average Bonchev–Trinajstić information content (AvgIpc) is 2.69. The van der Waals surface area contributed by atoms with E-state index in [1.807, 2.05) is 13.8 Å². The minimum absolute atomic E-state index is 0.0540. The molecule has 0 rings (SSSR count). The van der Waals surface area contributed by atoms with Crippen molar-refractivity contribution in [1.82, 2.24) is 16.0 Å². The van der Waals surface area contributed by atoms with E-state index in [1.165, 1.54) is 6.92 Å². The maximum Gasteiger partial charge on any atom is 0.327 e. The highest BCUT2D eigenvalue weighted by Gasteiger charge is 2.28. The SMILES string of the molecule is CCC(C)C(N)C(=O)NC(CCCCN)C(=O)NC(C)C(=O)NC(CS)C(=O)O. The Morgan fingerprint density at radius 3 is 2.03 bits per heavy atom. The zero-order valence-electron chi connectivity index (χ0n) is 17.3. The van der Waals surface area contributed by atoms with Gasteiger partial charge in [0.05, 0.1) is 6.04 Å². The molecule has 11 heteroatoms. The molecule has 0 bridgehead atoms. The quantitative estimate of drug-likeness (QED) is 0.135. The Labute approximate surface area is 177 Å². The Kier molecular flexibility index (Phi) is 13.3. The minimum Gasteiger partial charge on any atom is -0.480 e. The summed E-state index contributed by atoms with van der Waals surface area (Å²) in [5, 5.41) is 16.4. The summed E-state index contributed by atoms with van der Waals surface area (Å²) >= 11 is 3.88. The van der Waals surface area contributed by atoms with Crippen LogP contribution in [0, 0.1) is 5.92 Å². The van der Waals surface area contributed by atoms with Crippen LogP contribution in [-0.2, 0) is 19.2 Å². The molecule has 5 unspecified atom stereocenters. The Morgan fingerprint density at radius 1 is 0.966 bits per heavy atom. The van der Waals surface area contributed by atoms with Gasteiger partial charge in [-0.1, -0.05) is 20.3 Å². The van der Waals surface area contributed by atoms with Crippen molar-refractivity contribution in [2.24, 2.45) is 17.4 Å². The molecule has 10 nitrogen and oxygen atoms in total. The smallest absolute Gasteiger partial charge is 0.327 e. The van der Waals surface area contributed by atoms with Crippen LogP contribution in [0.4, 0.5) is 0 Å². The fraction of sp³-hybridized carbons (Fsp3) is 0.778. The van der Waals surface area contributed by atoms with Gasteiger partial charge in [0.15, 0.2) is 0 Å². The topological polar surface area (TPSA) is 177 Å². The van der Waals surface area contributed by atoms with Crippen LogP contribution in [-0.4, -0.2) is 65.3 Å². The number of unbranched alkanes of at least 4 members (excludes halogenated alkanes) is 1. The summed E-state index contributed by atoms with van der Waals surface area (Å²) in [6.45, 7) is 5.64. The molecule has 3 amide bonds. The van der Waals surface area contributed by atoms with Crippen LogP contribution in [0.5, 0.6) is 0 Å². The lowest BCUT2D eigenvalue weighted by Crippen LogP contribution is -2.57. The number of thiol groups is 1. The van der Waals surface area contributed by atoms with Gasteiger partial charge >= 0.3 is 5.97 Å². The standard InChI is InChI=1S/C18H35N5O5S/c1-4-10(2)14(20)17(26)22-12(7-5-6-8-19)16(25)21-11(3)15(24)23-13(9-29)18(27)28/h10-14,29H,4-9,19-20H2,1-3H3,(H,21,25)(H,22,26)(H,23,24)(H,27,28). The molecule has 0 radical (unpaired) electrons. The fourth-order valence-corrected chi connectivity index (χ4v) is 2.65. The Hall–Kier alpha value is -1.85. The molecular weight excluding hydrogens is 398 g/mol. The first-order valence-electron chi connectivity index (χ1n) is 9.79. The molecule has 29 heavy (non-hydrogen) atoms. The van der Waals surface area contributed by atoms with Crippen molar-refractivity contribution in [1.29, 1.82) is 0 Å². The van der Waals surface area contributed by atoms with E-state index in [-0.39, 0.29) is 11.7 Å². The normalized spacial score (nSPS) is 16.1. The number of rotatable bonds is 14. The Morgan fingerprint density at radius 2 is 1.55 bits per heavy atom. The number of carbonyl (C=O) groups excluding carboxylic acids is 3. The average molecular weight is 434 g/mol. The molecule has 5 atom stereocenters. The third kappa shape index (κ3) is 9.95. The predicted octanol–water partition coefficient (Wildman–Crippen LogP) is -1.02. The number of hydrogen-bond donors (Lipinski definition) is 7. The third-order valence-corrected chi connectivity index (χ3v) is 5.05. The van der Waals surface area contributed by atoms with Gasteiger partial charge in [-0.2, -0.15) is 12.6 Å². The van der Waals surface area contributed by atoms with Gasteiger partial charge in [-0.15, -0.1) is 0 Å². The number of nitrogens with two attached hydrogens (primary N) is 2. The fourth-order valence-electron chi connectivity index (χ4n) is 2.40. The monoisotopic (exact) mass is 433 g/mol. The van der Waals surface area contributed by atoms with Crippen LogP contribution in [0.2, 0.25) is 0 Å². The van der Waals surface area contributed by atoms with Crippen molar-refractivity contribution in [2.45, 2.75) is 70.6 Å². The molecule has 0 aromatic rings. The van der Waals surface area contributed by atoms with Crippen LogP contribution in [0.3, 0.4) is 0 Å². The Bertz CT molecular complexity index is 563. The second-order valence-corrected chi connectivity index (χ2v) is 7.43. The lowest BCUT2D eigenvalue weighted by atomic mass is 9.98. The van der Waals surface area contributed by atoms with Crippen LogP contribution in [0.15, 0.2) is 0 Å². The van der Waals surface area contributed by atoms with Crippen molar-refractivity contribution in [3.05, 3.63) is 0 Å². The summed E-state index contributed by atoms with van der Waals surface area (Å²) < 4.78 is 0. The molecule has 8 N–H and O–H groups in total. The largest absolute Gasteiger partial charge is 0.480 e. The van der Waals surface area contributed by atoms with Crippen LogP contribution >= 0.6 is 12.6 Å². The molecule has 0 aromatic carbocycles. The first-order valence-corrected chi connectivity index (χ1v) is 10.4. The summed E-state index contributed by atoms with van der Waals surface area (Å²) in [4.78, 5) is 48.2. The van der Waals surface area contributed by atoms with E-state index < -0.39 is 47.9 Å². The number of amides is 3. The molecule has 0 aliphatic heterocycles. The zero-order chi connectivity index (χ0) is 22.6. The molecule has 0 saturated heterocycles. The maximum absolute atomic E-state index is 12.6. The molecular formula is C18H35N5O5S. The van der Waals surface area contributed by atoms with E-state index in [0.717, 1.165) is 0 Å². The van der Waals surface area contributed by atoms with Crippen molar-refractivity contribution in [3.63, 3.8) is 0 Å². The zero-order valence-corrected chi connectivity index (χ0v) is 18.2. The second-order valence-electron chi connectivity index (χ2n) is 7.07. The van der Waals surface area contributed by atoms with Crippen molar-refractivity contribution in [2.75, 3.05) is 12.3 Å². The molecule has 0 heterocycles. The van der Waals surface area contributed by atoms with Gasteiger partial charge in [0.1, 0.15) is 18.1 Å². The van der Waals surface area contributed by atoms with Crippen molar-refractivity contribution < 1.29 is 24.3 Å². The predicted molar refractivity (Wildman–Crippen MR) is 113 cm³/mol. The molecule has 0 aliphatic rings. The number of carbonyl (C=O) groups is 4. The van der Waals surface area contributed by atoms with Crippen molar-refractivity contribution >= 4 is 36.3 Å². The van der Waals surface area contributed by atoms with E-state index in [0.29, 0.717) is 32.2 Å². The van der Waals surface area contributed by atoms with E-state index in [4.69, 9.17) is 16.6 Å². The van der Waals surface area contributed by atoms with E-state index in [1.54, 1.807) is 0 Å². The Balaban J connectivity index is 5.03. The number of hydrogen-bond acceptors (Lipinski definition) is 7.